The molecule has 0 amide bonds. The summed E-state index contributed by atoms with van der Waals surface area (Å²) in [5.74, 6) is -0.292. The number of para-hydroxylation sites is 1. The number of halogens is 1. The minimum absolute atomic E-state index is 0.149. The third kappa shape index (κ3) is 4.72. The van der Waals surface area contributed by atoms with Crippen molar-refractivity contribution in [3.63, 3.8) is 0 Å². The van der Waals surface area contributed by atoms with Crippen LogP contribution in [0.4, 0.5) is 5.69 Å². The zero-order valence-corrected chi connectivity index (χ0v) is 17.8. The van der Waals surface area contributed by atoms with E-state index in [1.54, 1.807) is 37.3 Å². The van der Waals surface area contributed by atoms with E-state index in [4.69, 9.17) is 16.0 Å². The molecule has 29 heavy (non-hydrogen) atoms. The van der Waals surface area contributed by atoms with E-state index in [-0.39, 0.29) is 26.5 Å². The molecule has 0 saturated carbocycles. The molecule has 9 heteroatoms. The largest absolute Gasteiger partial charge is 0.443 e. The number of hydrogen-bond donors (Lipinski definition) is 1. The predicted octanol–water partition coefficient (Wildman–Crippen LogP) is 4.79. The van der Waals surface area contributed by atoms with Crippen LogP contribution in [0.3, 0.4) is 0 Å². The molecule has 1 aromatic heterocycles. The standard InChI is InChI=1S/C20H18ClNO5S2/c1-3-6-14(2)13-28(23,24)19-10-9-16(21)12-17(19)22-29(25,26)20-11-15-7-4-5-8-18(15)27-20/h3-12,22H,1,13H2,2H3/b14-6+. The Bertz CT molecular complexity index is 1290. The Morgan fingerprint density at radius 1 is 1.14 bits per heavy atom. The van der Waals surface area contributed by atoms with Gasteiger partial charge in [-0.1, -0.05) is 54.1 Å². The van der Waals surface area contributed by atoms with Gasteiger partial charge in [-0.2, -0.15) is 8.42 Å². The topological polar surface area (TPSA) is 93.5 Å². The van der Waals surface area contributed by atoms with Crippen molar-refractivity contribution in [2.24, 2.45) is 0 Å². The monoisotopic (exact) mass is 451 g/mol. The summed E-state index contributed by atoms with van der Waals surface area (Å²) in [7, 11) is -8.02. The molecule has 0 unspecified atom stereocenters. The minimum atomic E-state index is -4.18. The number of sulfone groups is 1. The smallest absolute Gasteiger partial charge is 0.295 e. The summed E-state index contributed by atoms with van der Waals surface area (Å²) in [5.41, 5.74) is 0.808. The lowest BCUT2D eigenvalue weighted by atomic mass is 10.3. The summed E-state index contributed by atoms with van der Waals surface area (Å²) in [4.78, 5) is -0.182. The van der Waals surface area contributed by atoms with Crippen molar-refractivity contribution in [2.45, 2.75) is 16.9 Å². The Labute approximate surface area is 174 Å². The van der Waals surface area contributed by atoms with Gasteiger partial charge < -0.3 is 4.42 Å². The highest BCUT2D eigenvalue weighted by Crippen LogP contribution is 2.30. The van der Waals surface area contributed by atoms with E-state index >= 15 is 0 Å². The van der Waals surface area contributed by atoms with Gasteiger partial charge in [0.1, 0.15) is 5.58 Å². The van der Waals surface area contributed by atoms with Gasteiger partial charge in [-0.3, -0.25) is 4.72 Å². The lowest BCUT2D eigenvalue weighted by molar-refractivity contribution is 0.484. The molecule has 0 aliphatic rings. The van der Waals surface area contributed by atoms with Gasteiger partial charge in [-0.05, 0) is 31.2 Å². The molecule has 0 radical (unpaired) electrons. The first-order chi connectivity index (χ1) is 13.6. The summed E-state index contributed by atoms with van der Waals surface area (Å²) in [6, 6.07) is 12.1. The maximum absolute atomic E-state index is 12.8. The van der Waals surface area contributed by atoms with Crippen molar-refractivity contribution in [1.29, 1.82) is 0 Å². The molecule has 2 aromatic carbocycles. The lowest BCUT2D eigenvalue weighted by Gasteiger charge is -2.13. The SMILES string of the molecule is C=C/C=C(\C)CS(=O)(=O)c1ccc(Cl)cc1NS(=O)(=O)c1cc2ccccc2o1. The molecule has 0 atom stereocenters. The Morgan fingerprint density at radius 2 is 1.86 bits per heavy atom. The molecule has 152 valence electrons. The first-order valence-corrected chi connectivity index (χ1v) is 12.0. The number of sulfonamides is 1. The van der Waals surface area contributed by atoms with E-state index < -0.39 is 19.9 Å². The van der Waals surface area contributed by atoms with E-state index in [1.807, 2.05) is 0 Å². The molecule has 6 nitrogen and oxygen atoms in total. The number of fused-ring (bicyclic) bond motifs is 1. The van der Waals surface area contributed by atoms with Crippen LogP contribution in [0.5, 0.6) is 0 Å². The molecule has 0 spiro atoms. The Hall–Kier alpha value is -2.55. The number of nitrogens with one attached hydrogen (secondary N) is 1. The molecule has 3 aromatic rings. The van der Waals surface area contributed by atoms with Gasteiger partial charge in [0.15, 0.2) is 9.84 Å². The third-order valence-electron chi connectivity index (χ3n) is 4.01. The van der Waals surface area contributed by atoms with Gasteiger partial charge in [0, 0.05) is 16.5 Å². The summed E-state index contributed by atoms with van der Waals surface area (Å²) < 4.78 is 59.0. The van der Waals surface area contributed by atoms with E-state index in [9.17, 15) is 16.8 Å². The fraction of sp³-hybridized carbons (Fsp3) is 0.100. The van der Waals surface area contributed by atoms with Crippen LogP contribution in [-0.4, -0.2) is 22.6 Å². The van der Waals surface area contributed by atoms with Crippen LogP contribution >= 0.6 is 11.6 Å². The van der Waals surface area contributed by atoms with Gasteiger partial charge in [0.05, 0.1) is 16.3 Å². The fourth-order valence-electron chi connectivity index (χ4n) is 2.76. The number of hydrogen-bond acceptors (Lipinski definition) is 5. The van der Waals surface area contributed by atoms with Gasteiger partial charge in [-0.15, -0.1) is 0 Å². The molecule has 0 aliphatic heterocycles. The molecular formula is C20H18ClNO5S2. The van der Waals surface area contributed by atoms with Crippen molar-refractivity contribution < 1.29 is 21.3 Å². The van der Waals surface area contributed by atoms with Crippen molar-refractivity contribution >= 4 is 48.1 Å². The molecule has 1 heterocycles. The Morgan fingerprint density at radius 3 is 2.55 bits per heavy atom. The third-order valence-corrected chi connectivity index (χ3v) is 7.32. The maximum atomic E-state index is 12.8. The van der Waals surface area contributed by atoms with E-state index in [1.165, 1.54) is 30.3 Å². The molecule has 1 N–H and O–H groups in total. The second-order valence-electron chi connectivity index (χ2n) is 6.36. The molecule has 0 saturated heterocycles. The Balaban J connectivity index is 2.03. The van der Waals surface area contributed by atoms with Crippen LogP contribution in [0.25, 0.3) is 11.0 Å². The van der Waals surface area contributed by atoms with E-state index in [0.29, 0.717) is 16.5 Å². The van der Waals surface area contributed by atoms with Gasteiger partial charge >= 0.3 is 0 Å². The number of anilines is 1. The van der Waals surface area contributed by atoms with Crippen molar-refractivity contribution in [1.82, 2.24) is 0 Å². The summed E-state index contributed by atoms with van der Waals surface area (Å²) in [6.07, 6.45) is 3.06. The number of furan rings is 1. The van der Waals surface area contributed by atoms with Crippen molar-refractivity contribution in [3.05, 3.63) is 77.9 Å². The average molecular weight is 452 g/mol. The molecule has 0 bridgehead atoms. The second-order valence-corrected chi connectivity index (χ2v) is 10.4. The zero-order chi connectivity index (χ0) is 21.2. The van der Waals surface area contributed by atoms with Crippen molar-refractivity contribution in [3.8, 4) is 0 Å². The number of rotatable bonds is 7. The molecular weight excluding hydrogens is 434 g/mol. The quantitative estimate of drug-likeness (QED) is 0.521. The van der Waals surface area contributed by atoms with Gasteiger partial charge in [0.25, 0.3) is 10.0 Å². The summed E-state index contributed by atoms with van der Waals surface area (Å²) in [5, 5.41) is 0.464. The van der Waals surface area contributed by atoms with Crippen LogP contribution in [0.2, 0.25) is 5.02 Å². The molecule has 0 aliphatic carbocycles. The molecule has 3 rings (SSSR count). The minimum Gasteiger partial charge on any atom is -0.443 e. The van der Waals surface area contributed by atoms with Crippen molar-refractivity contribution in [2.75, 3.05) is 10.5 Å². The average Bonchev–Trinajstić information content (AvgIpc) is 3.06. The zero-order valence-electron chi connectivity index (χ0n) is 15.4. The Kier molecular flexibility index (Phi) is 5.88. The van der Waals surface area contributed by atoms with Gasteiger partial charge in [-0.25, -0.2) is 8.42 Å². The highest BCUT2D eigenvalue weighted by Gasteiger charge is 2.25. The van der Waals surface area contributed by atoms with E-state index in [2.05, 4.69) is 11.3 Å². The highest BCUT2D eigenvalue weighted by atomic mass is 35.5. The number of benzene rings is 2. The van der Waals surface area contributed by atoms with Crippen LogP contribution in [-0.2, 0) is 19.9 Å². The van der Waals surface area contributed by atoms with Gasteiger partial charge in [0.2, 0.25) is 5.09 Å². The van der Waals surface area contributed by atoms with Crippen LogP contribution in [0.15, 0.2) is 87.2 Å². The normalized spacial score (nSPS) is 12.8. The summed E-state index contributed by atoms with van der Waals surface area (Å²) >= 11 is 5.98. The van der Waals surface area contributed by atoms with Crippen LogP contribution in [0, 0.1) is 0 Å². The number of allylic oxidation sites excluding steroid dienone is 2. The second kappa shape index (κ2) is 8.06. The first kappa shape index (κ1) is 21.2. The first-order valence-electron chi connectivity index (χ1n) is 8.44. The summed E-state index contributed by atoms with van der Waals surface area (Å²) in [6.45, 7) is 5.19. The fourth-order valence-corrected chi connectivity index (χ4v) is 5.61. The maximum Gasteiger partial charge on any atom is 0.295 e. The predicted molar refractivity (Wildman–Crippen MR) is 114 cm³/mol. The van der Waals surface area contributed by atoms with Crippen LogP contribution < -0.4 is 4.72 Å². The highest BCUT2D eigenvalue weighted by molar-refractivity contribution is 7.93. The lowest BCUT2D eigenvalue weighted by Crippen LogP contribution is -2.16. The van der Waals surface area contributed by atoms with Crippen LogP contribution in [0.1, 0.15) is 6.92 Å². The van der Waals surface area contributed by atoms with E-state index in [0.717, 1.165) is 0 Å². The molecule has 0 fully saturated rings.